The molecule has 4 rings (SSSR count). The van der Waals surface area contributed by atoms with E-state index in [1.54, 1.807) is 13.8 Å². The van der Waals surface area contributed by atoms with Gasteiger partial charge in [0.2, 0.25) is 0 Å². The number of anilines is 1. The van der Waals surface area contributed by atoms with E-state index < -0.39 is 77.7 Å². The van der Waals surface area contributed by atoms with Crippen LogP contribution in [0.25, 0.3) is 0 Å². The second-order valence-corrected chi connectivity index (χ2v) is 10.7. The fraction of sp³-hybridized carbons (Fsp3) is 0.500. The van der Waals surface area contributed by atoms with Gasteiger partial charge in [0, 0.05) is 6.04 Å². The van der Waals surface area contributed by atoms with Crippen molar-refractivity contribution < 1.29 is 58.6 Å². The topological polar surface area (TPSA) is 59.1 Å². The molecule has 2 amide bonds. The van der Waals surface area contributed by atoms with Gasteiger partial charge in [0.25, 0.3) is 0 Å². The summed E-state index contributed by atoms with van der Waals surface area (Å²) >= 11 is 0. The minimum atomic E-state index is -5.26. The van der Waals surface area contributed by atoms with E-state index in [0.717, 1.165) is 24.1 Å². The number of carbonyl (C=O) groups is 2. The Balaban J connectivity index is 1.89. The largest absolute Gasteiger partial charge is 0.453 e. The summed E-state index contributed by atoms with van der Waals surface area (Å²) in [5, 5.41) is 0. The zero-order chi connectivity index (χ0) is 32.1. The van der Waals surface area contributed by atoms with Gasteiger partial charge >= 0.3 is 30.7 Å². The Morgan fingerprint density at radius 3 is 2.00 bits per heavy atom. The molecule has 43 heavy (non-hydrogen) atoms. The van der Waals surface area contributed by atoms with Gasteiger partial charge in [-0.2, -0.15) is 39.5 Å². The maximum absolute atomic E-state index is 14.0. The van der Waals surface area contributed by atoms with Gasteiger partial charge in [-0.05, 0) is 80.5 Å². The molecule has 1 aliphatic carbocycles. The van der Waals surface area contributed by atoms with E-state index in [2.05, 4.69) is 0 Å². The summed E-state index contributed by atoms with van der Waals surface area (Å²) < 4.78 is 133. The summed E-state index contributed by atoms with van der Waals surface area (Å²) in [4.78, 5) is 28.2. The number of methoxy groups -OCH3 is 1. The number of fused-ring (bicyclic) bond motifs is 1. The first-order chi connectivity index (χ1) is 19.8. The maximum Gasteiger partial charge on any atom is 0.416 e. The monoisotopic (exact) mass is 626 g/mol. The fourth-order valence-corrected chi connectivity index (χ4v) is 5.29. The Hall–Kier alpha value is -3.65. The first-order valence-corrected chi connectivity index (χ1v) is 13.2. The van der Waals surface area contributed by atoms with Gasteiger partial charge in [0.05, 0.1) is 48.2 Å². The van der Waals surface area contributed by atoms with Crippen molar-refractivity contribution in [1.29, 1.82) is 0 Å². The van der Waals surface area contributed by atoms with Gasteiger partial charge in [0.1, 0.15) is 0 Å². The lowest BCUT2D eigenvalue weighted by molar-refractivity contribution is -0.143. The number of carbonyl (C=O) groups excluding carboxylic acids is 2. The molecule has 1 heterocycles. The predicted octanol–water partition coefficient (Wildman–Crippen LogP) is 8.59. The van der Waals surface area contributed by atoms with Gasteiger partial charge in [-0.15, -0.1) is 0 Å². The Morgan fingerprint density at radius 1 is 0.907 bits per heavy atom. The molecule has 15 heteroatoms. The molecule has 0 unspecified atom stereocenters. The first-order valence-electron chi connectivity index (χ1n) is 13.2. The molecule has 0 N–H and O–H groups in total. The van der Waals surface area contributed by atoms with Crippen molar-refractivity contribution >= 4 is 17.9 Å². The number of halogens is 9. The van der Waals surface area contributed by atoms with Gasteiger partial charge in [-0.1, -0.05) is 6.07 Å². The number of benzene rings is 2. The van der Waals surface area contributed by atoms with Crippen LogP contribution in [0.3, 0.4) is 0 Å². The van der Waals surface area contributed by atoms with Gasteiger partial charge < -0.3 is 9.47 Å². The molecule has 2 aromatic rings. The number of ether oxygens (including phenoxy) is 2. The van der Waals surface area contributed by atoms with Crippen molar-refractivity contribution in [3.05, 3.63) is 64.2 Å². The number of alkyl halides is 9. The summed E-state index contributed by atoms with van der Waals surface area (Å²) in [7, 11) is 0.910. The van der Waals surface area contributed by atoms with Crippen LogP contribution in [0.1, 0.15) is 67.0 Å². The minimum absolute atomic E-state index is 0.0378. The molecule has 236 valence electrons. The molecule has 0 radical (unpaired) electrons. The van der Waals surface area contributed by atoms with E-state index in [4.69, 9.17) is 9.47 Å². The lowest BCUT2D eigenvalue weighted by Crippen LogP contribution is -2.50. The van der Waals surface area contributed by atoms with E-state index in [0.29, 0.717) is 31.0 Å². The van der Waals surface area contributed by atoms with Crippen LogP contribution in [0.5, 0.6) is 0 Å². The molecular weight excluding hydrogens is 599 g/mol. The Morgan fingerprint density at radius 2 is 1.49 bits per heavy atom. The highest BCUT2D eigenvalue weighted by atomic mass is 19.4. The van der Waals surface area contributed by atoms with Crippen LogP contribution < -0.4 is 4.90 Å². The average Bonchev–Trinajstić information content (AvgIpc) is 3.73. The SMILES string of the molecule is COC(=O)N(Cc1ccc(C(F)(F)F)cc1C(F)(F)F)[C@H]1C[C@@H](C2CC2)N(C(=O)OC(C)C)c2ccc(C(F)(F)F)cc21. The van der Waals surface area contributed by atoms with Gasteiger partial charge in [-0.25, -0.2) is 9.59 Å². The molecule has 2 atom stereocenters. The Bertz CT molecular complexity index is 1370. The summed E-state index contributed by atoms with van der Waals surface area (Å²) in [5.41, 5.74) is -5.36. The first kappa shape index (κ1) is 32.3. The van der Waals surface area contributed by atoms with Crippen LogP contribution in [-0.2, 0) is 34.5 Å². The predicted molar refractivity (Wildman–Crippen MR) is 134 cm³/mol. The lowest BCUT2D eigenvalue weighted by atomic mass is 9.86. The van der Waals surface area contributed by atoms with Crippen LogP contribution in [0.15, 0.2) is 36.4 Å². The van der Waals surface area contributed by atoms with Crippen molar-refractivity contribution in [3.63, 3.8) is 0 Å². The third-order valence-corrected chi connectivity index (χ3v) is 7.34. The molecule has 0 aromatic heterocycles. The van der Waals surface area contributed by atoms with Crippen LogP contribution >= 0.6 is 0 Å². The molecule has 0 saturated heterocycles. The number of nitrogens with zero attached hydrogens (tertiary/aromatic N) is 2. The van der Waals surface area contributed by atoms with Crippen LogP contribution in [0, 0.1) is 5.92 Å². The van der Waals surface area contributed by atoms with E-state index in [9.17, 15) is 49.1 Å². The van der Waals surface area contributed by atoms with E-state index in [-0.39, 0.29) is 29.7 Å². The molecule has 6 nitrogen and oxygen atoms in total. The summed E-state index contributed by atoms with van der Waals surface area (Å²) in [5.74, 6) is -0.144. The highest BCUT2D eigenvalue weighted by Gasteiger charge is 2.48. The quantitative estimate of drug-likeness (QED) is 0.312. The number of hydrogen-bond donors (Lipinski definition) is 0. The Kier molecular flexibility index (Phi) is 8.59. The van der Waals surface area contributed by atoms with Crippen molar-refractivity contribution in [2.45, 2.75) is 76.4 Å². The average molecular weight is 627 g/mol. The van der Waals surface area contributed by atoms with Crippen LogP contribution in [-0.4, -0.2) is 36.3 Å². The molecule has 1 aliphatic heterocycles. The van der Waals surface area contributed by atoms with Crippen molar-refractivity contribution in [3.8, 4) is 0 Å². The Labute approximate surface area is 240 Å². The number of hydrogen-bond acceptors (Lipinski definition) is 4. The van der Waals surface area contributed by atoms with Gasteiger partial charge in [-0.3, -0.25) is 9.80 Å². The molecule has 2 aliphatic rings. The fourth-order valence-electron chi connectivity index (χ4n) is 5.29. The maximum atomic E-state index is 14.0. The third-order valence-electron chi connectivity index (χ3n) is 7.34. The zero-order valence-electron chi connectivity index (χ0n) is 23.0. The summed E-state index contributed by atoms with van der Waals surface area (Å²) in [6.07, 6.45) is -16.8. The minimum Gasteiger partial charge on any atom is -0.453 e. The second-order valence-electron chi connectivity index (χ2n) is 10.7. The van der Waals surface area contributed by atoms with E-state index >= 15 is 0 Å². The zero-order valence-corrected chi connectivity index (χ0v) is 23.0. The molecule has 0 bridgehead atoms. The van der Waals surface area contributed by atoms with E-state index in [1.165, 1.54) is 4.90 Å². The van der Waals surface area contributed by atoms with Gasteiger partial charge in [0.15, 0.2) is 0 Å². The molecular formula is C28H27F9N2O4. The van der Waals surface area contributed by atoms with Crippen LogP contribution in [0.2, 0.25) is 0 Å². The van der Waals surface area contributed by atoms with E-state index in [1.807, 2.05) is 0 Å². The highest BCUT2D eigenvalue weighted by molar-refractivity contribution is 5.91. The van der Waals surface area contributed by atoms with Crippen molar-refractivity contribution in [2.24, 2.45) is 5.92 Å². The lowest BCUT2D eigenvalue weighted by Gasteiger charge is -2.44. The smallest absolute Gasteiger partial charge is 0.416 e. The summed E-state index contributed by atoms with van der Waals surface area (Å²) in [6, 6.07) is 1.33. The normalized spacial score (nSPS) is 19.2. The third kappa shape index (κ3) is 6.96. The molecule has 1 fully saturated rings. The molecule has 2 aromatic carbocycles. The number of amides is 2. The van der Waals surface area contributed by atoms with Crippen molar-refractivity contribution in [2.75, 3.05) is 12.0 Å². The molecule has 1 saturated carbocycles. The second kappa shape index (κ2) is 11.5. The highest BCUT2D eigenvalue weighted by Crippen LogP contribution is 2.50. The standard InChI is InChI=1S/C28H27F9N2O4/c1-14(2)43-25(41)39-21-9-8-17(26(29,30)31)10-19(21)23(12-22(39)15-4-5-15)38(24(40)42-3)13-16-6-7-18(27(32,33)34)11-20(16)28(35,36)37/h6-11,14-15,22-23H,4-5,12-13H2,1-3H3/t22-,23-/m0/s1. The number of rotatable bonds is 5. The van der Waals surface area contributed by atoms with Crippen molar-refractivity contribution in [1.82, 2.24) is 4.90 Å². The summed E-state index contributed by atoms with van der Waals surface area (Å²) in [6.45, 7) is 2.20. The van der Waals surface area contributed by atoms with Crippen LogP contribution in [0.4, 0.5) is 54.8 Å². The molecule has 0 spiro atoms.